The molecule has 2 rings (SSSR count). The van der Waals surface area contributed by atoms with Gasteiger partial charge in [-0.3, -0.25) is 14.9 Å². The lowest BCUT2D eigenvalue weighted by Gasteiger charge is -2.14. The summed E-state index contributed by atoms with van der Waals surface area (Å²) in [5, 5.41) is 13.4. The van der Waals surface area contributed by atoms with Gasteiger partial charge in [-0.05, 0) is 36.8 Å². The Hall–Kier alpha value is -3.03. The van der Waals surface area contributed by atoms with E-state index in [1.54, 1.807) is 6.92 Å². The fourth-order valence-corrected chi connectivity index (χ4v) is 1.99. The predicted molar refractivity (Wildman–Crippen MR) is 79.7 cm³/mol. The maximum Gasteiger partial charge on any atom is 0.292 e. The van der Waals surface area contributed by atoms with Gasteiger partial charge in [0.15, 0.2) is 11.6 Å². The fraction of sp³-hybridized carbons (Fsp3) is 0.133. The Balaban J connectivity index is 2.19. The van der Waals surface area contributed by atoms with Crippen LogP contribution in [0.15, 0.2) is 36.4 Å². The summed E-state index contributed by atoms with van der Waals surface area (Å²) in [6, 6.07) is 6.32. The van der Waals surface area contributed by atoms with Gasteiger partial charge >= 0.3 is 0 Å². The third-order valence-corrected chi connectivity index (χ3v) is 3.28. The number of hydrogen-bond acceptors (Lipinski definition) is 4. The molecular formula is C15H13F2N3O3. The van der Waals surface area contributed by atoms with Crippen molar-refractivity contribution in [3.8, 4) is 0 Å². The maximum atomic E-state index is 13.2. The summed E-state index contributed by atoms with van der Waals surface area (Å²) in [5.41, 5.74) is 5.44. The number of anilines is 1. The summed E-state index contributed by atoms with van der Waals surface area (Å²) >= 11 is 0. The number of nitrogen functional groups attached to an aromatic ring is 1. The molecule has 1 unspecified atom stereocenters. The number of rotatable bonds is 4. The third kappa shape index (κ3) is 3.60. The number of nitrogens with two attached hydrogens (primary N) is 1. The summed E-state index contributed by atoms with van der Waals surface area (Å²) in [7, 11) is 0. The fourth-order valence-electron chi connectivity index (χ4n) is 1.99. The number of halogens is 2. The molecule has 0 aliphatic rings. The molecule has 0 aliphatic heterocycles. The van der Waals surface area contributed by atoms with Crippen LogP contribution in [0.3, 0.4) is 0 Å². The van der Waals surface area contributed by atoms with Crippen LogP contribution in [-0.4, -0.2) is 10.8 Å². The van der Waals surface area contributed by atoms with Crippen LogP contribution in [-0.2, 0) is 0 Å². The largest absolute Gasteiger partial charge is 0.393 e. The van der Waals surface area contributed by atoms with E-state index in [9.17, 15) is 23.7 Å². The molecule has 0 bridgehead atoms. The second-order valence-electron chi connectivity index (χ2n) is 4.90. The minimum atomic E-state index is -1.02. The highest BCUT2D eigenvalue weighted by Gasteiger charge is 2.18. The first kappa shape index (κ1) is 16.3. The number of nitrogens with one attached hydrogen (secondary N) is 1. The van der Waals surface area contributed by atoms with Crippen molar-refractivity contribution < 1.29 is 18.5 Å². The summed E-state index contributed by atoms with van der Waals surface area (Å²) in [5.74, 6) is -2.60. The van der Waals surface area contributed by atoms with Crippen LogP contribution in [0.2, 0.25) is 0 Å². The topological polar surface area (TPSA) is 98.3 Å². The summed E-state index contributed by atoms with van der Waals surface area (Å²) in [6.07, 6.45) is 0. The number of carbonyl (C=O) groups excluding carboxylic acids is 1. The standard InChI is InChI=1S/C15H13F2N3O3/c1-8(9-2-4-11(16)12(17)6-9)19-15(21)10-3-5-13(18)14(7-10)20(22)23/h2-8H,18H2,1H3,(H,19,21). The highest BCUT2D eigenvalue weighted by atomic mass is 19.2. The van der Waals surface area contributed by atoms with E-state index in [4.69, 9.17) is 5.73 Å². The average molecular weight is 321 g/mol. The van der Waals surface area contributed by atoms with Crippen molar-refractivity contribution in [3.63, 3.8) is 0 Å². The molecule has 0 saturated heterocycles. The lowest BCUT2D eigenvalue weighted by molar-refractivity contribution is -0.383. The van der Waals surface area contributed by atoms with E-state index in [2.05, 4.69) is 5.32 Å². The van der Waals surface area contributed by atoms with Gasteiger partial charge < -0.3 is 11.1 Å². The number of amides is 1. The molecule has 3 N–H and O–H groups in total. The van der Waals surface area contributed by atoms with Gasteiger partial charge in [-0.2, -0.15) is 0 Å². The third-order valence-electron chi connectivity index (χ3n) is 3.28. The lowest BCUT2D eigenvalue weighted by Crippen LogP contribution is -2.26. The Morgan fingerprint density at radius 3 is 2.52 bits per heavy atom. The second kappa shape index (κ2) is 6.39. The van der Waals surface area contributed by atoms with E-state index in [-0.39, 0.29) is 16.9 Å². The van der Waals surface area contributed by atoms with Crippen LogP contribution >= 0.6 is 0 Å². The molecule has 0 spiro atoms. The first-order chi connectivity index (χ1) is 10.8. The van der Waals surface area contributed by atoms with Crippen LogP contribution in [0.5, 0.6) is 0 Å². The molecule has 2 aromatic rings. The summed E-state index contributed by atoms with van der Waals surface area (Å²) < 4.78 is 26.1. The highest BCUT2D eigenvalue weighted by Crippen LogP contribution is 2.23. The quantitative estimate of drug-likeness (QED) is 0.514. The van der Waals surface area contributed by atoms with Crippen molar-refractivity contribution in [2.75, 3.05) is 5.73 Å². The Morgan fingerprint density at radius 1 is 1.22 bits per heavy atom. The smallest absolute Gasteiger partial charge is 0.292 e. The molecule has 1 amide bonds. The first-order valence-corrected chi connectivity index (χ1v) is 6.59. The van der Waals surface area contributed by atoms with E-state index in [0.29, 0.717) is 5.56 Å². The molecule has 1 atom stereocenters. The zero-order valence-corrected chi connectivity index (χ0v) is 12.0. The number of nitrogens with zero attached hydrogens (tertiary/aromatic N) is 1. The number of carbonyl (C=O) groups is 1. The van der Waals surface area contributed by atoms with Gasteiger partial charge in [0, 0.05) is 11.6 Å². The molecule has 8 heteroatoms. The molecule has 0 saturated carbocycles. The van der Waals surface area contributed by atoms with Crippen molar-refractivity contribution in [2.45, 2.75) is 13.0 Å². The van der Waals surface area contributed by atoms with Gasteiger partial charge in [0.25, 0.3) is 11.6 Å². The van der Waals surface area contributed by atoms with Crippen LogP contribution < -0.4 is 11.1 Å². The van der Waals surface area contributed by atoms with Gasteiger partial charge in [-0.1, -0.05) is 6.07 Å². The minimum Gasteiger partial charge on any atom is -0.393 e. The Bertz CT molecular complexity index is 781. The molecular weight excluding hydrogens is 308 g/mol. The van der Waals surface area contributed by atoms with Crippen molar-refractivity contribution in [1.82, 2.24) is 5.32 Å². The van der Waals surface area contributed by atoms with E-state index >= 15 is 0 Å². The normalized spacial score (nSPS) is 11.8. The lowest BCUT2D eigenvalue weighted by atomic mass is 10.1. The predicted octanol–water partition coefficient (Wildman–Crippen LogP) is 2.95. The number of nitro groups is 1. The molecule has 2 aromatic carbocycles. The van der Waals surface area contributed by atoms with Crippen LogP contribution in [0.4, 0.5) is 20.2 Å². The summed E-state index contributed by atoms with van der Waals surface area (Å²) in [6.45, 7) is 1.58. The number of nitro benzene ring substituents is 1. The van der Waals surface area contributed by atoms with Crippen LogP contribution in [0, 0.1) is 21.7 Å². The summed E-state index contributed by atoms with van der Waals surface area (Å²) in [4.78, 5) is 22.3. The van der Waals surface area contributed by atoms with E-state index < -0.39 is 28.5 Å². The van der Waals surface area contributed by atoms with E-state index in [0.717, 1.165) is 18.2 Å². The number of hydrogen-bond donors (Lipinski definition) is 2. The van der Waals surface area contributed by atoms with Crippen LogP contribution in [0.1, 0.15) is 28.9 Å². The molecule has 0 aromatic heterocycles. The van der Waals surface area contributed by atoms with Gasteiger partial charge in [0.05, 0.1) is 11.0 Å². The Kier molecular flexibility index (Phi) is 4.54. The zero-order valence-electron chi connectivity index (χ0n) is 12.0. The highest BCUT2D eigenvalue weighted by molar-refractivity contribution is 5.95. The van der Waals surface area contributed by atoms with E-state index in [1.165, 1.54) is 18.2 Å². The van der Waals surface area contributed by atoms with Crippen LogP contribution in [0.25, 0.3) is 0 Å². The monoisotopic (exact) mass is 321 g/mol. The molecule has 0 heterocycles. The average Bonchev–Trinajstić information content (AvgIpc) is 2.49. The Morgan fingerprint density at radius 2 is 1.91 bits per heavy atom. The molecule has 120 valence electrons. The molecule has 6 nitrogen and oxygen atoms in total. The molecule has 0 radical (unpaired) electrons. The SMILES string of the molecule is CC(NC(=O)c1ccc(N)c([N+](=O)[O-])c1)c1ccc(F)c(F)c1. The van der Waals surface area contributed by atoms with Gasteiger partial charge in [-0.25, -0.2) is 8.78 Å². The first-order valence-electron chi connectivity index (χ1n) is 6.59. The van der Waals surface area contributed by atoms with Crippen molar-refractivity contribution in [2.24, 2.45) is 0 Å². The molecule has 0 fully saturated rings. The van der Waals surface area contributed by atoms with Gasteiger partial charge in [0.1, 0.15) is 5.69 Å². The zero-order chi connectivity index (χ0) is 17.1. The molecule has 23 heavy (non-hydrogen) atoms. The van der Waals surface area contributed by atoms with Crippen molar-refractivity contribution in [1.29, 1.82) is 0 Å². The maximum absolute atomic E-state index is 13.2. The Labute approximate surface area is 130 Å². The van der Waals surface area contributed by atoms with Gasteiger partial charge in [0.2, 0.25) is 0 Å². The minimum absolute atomic E-state index is 0.0420. The second-order valence-corrected chi connectivity index (χ2v) is 4.90. The van der Waals surface area contributed by atoms with Crippen molar-refractivity contribution in [3.05, 3.63) is 69.3 Å². The van der Waals surface area contributed by atoms with Gasteiger partial charge in [-0.15, -0.1) is 0 Å². The molecule has 0 aliphatic carbocycles. The van der Waals surface area contributed by atoms with E-state index in [1.807, 2.05) is 0 Å². The number of benzene rings is 2. The van der Waals surface area contributed by atoms with Crippen molar-refractivity contribution >= 4 is 17.3 Å².